The fourth-order valence-electron chi connectivity index (χ4n) is 2.56. The van der Waals surface area contributed by atoms with Crippen molar-refractivity contribution in [3.05, 3.63) is 42.5 Å². The molecule has 0 atom stereocenters. The van der Waals surface area contributed by atoms with Crippen LogP contribution in [0.3, 0.4) is 0 Å². The minimum Gasteiger partial charge on any atom is -0.467 e. The van der Waals surface area contributed by atoms with Gasteiger partial charge < -0.3 is 29.4 Å². The zero-order valence-corrected chi connectivity index (χ0v) is 14.6. The minimum absolute atomic E-state index is 0.253. The Bertz CT molecular complexity index is 654. The van der Waals surface area contributed by atoms with Gasteiger partial charge in [0.05, 0.1) is 31.4 Å². The molecule has 2 aromatic rings. The van der Waals surface area contributed by atoms with Crippen molar-refractivity contribution in [1.82, 2.24) is 10.3 Å². The maximum absolute atomic E-state index is 11.9. The Morgan fingerprint density at radius 3 is 2.88 bits per heavy atom. The fourth-order valence-corrected chi connectivity index (χ4v) is 2.56. The molecule has 3 heterocycles. The molecule has 1 fully saturated rings. The molecule has 26 heavy (non-hydrogen) atoms. The molecule has 1 saturated heterocycles. The van der Waals surface area contributed by atoms with E-state index < -0.39 is 0 Å². The van der Waals surface area contributed by atoms with Crippen LogP contribution in [-0.4, -0.2) is 50.5 Å². The molecule has 0 aromatic carbocycles. The zero-order valence-electron chi connectivity index (χ0n) is 14.6. The topological polar surface area (TPSA) is 88.9 Å². The lowest BCUT2D eigenvalue weighted by molar-refractivity contribution is 0.104. The maximum Gasteiger partial charge on any atom is 0.319 e. The maximum atomic E-state index is 11.9. The summed E-state index contributed by atoms with van der Waals surface area (Å²) >= 11 is 0. The van der Waals surface area contributed by atoms with Gasteiger partial charge >= 0.3 is 6.03 Å². The zero-order chi connectivity index (χ0) is 18.0. The highest BCUT2D eigenvalue weighted by molar-refractivity contribution is 5.89. The van der Waals surface area contributed by atoms with Gasteiger partial charge in [-0.25, -0.2) is 9.78 Å². The Morgan fingerprint density at radius 2 is 2.15 bits per heavy atom. The van der Waals surface area contributed by atoms with Gasteiger partial charge in [0.25, 0.3) is 0 Å². The van der Waals surface area contributed by atoms with Gasteiger partial charge in [0.2, 0.25) is 0 Å². The van der Waals surface area contributed by atoms with Gasteiger partial charge in [0.15, 0.2) is 0 Å². The Hall–Kier alpha value is -2.58. The van der Waals surface area contributed by atoms with E-state index in [0.717, 1.165) is 44.3 Å². The Labute approximate surface area is 152 Å². The standard InChI is InChI=1S/C18H24N4O4/c23-18(19-6-2-9-25-14-16-3-1-10-26-16)21-15-4-5-17(20-13-15)22-7-11-24-12-8-22/h1,3-5,10,13H,2,6-9,11-12,14H2,(H2,19,21,23). The minimum atomic E-state index is -0.253. The second-order valence-electron chi connectivity index (χ2n) is 5.87. The van der Waals surface area contributed by atoms with Crippen molar-refractivity contribution in [3.63, 3.8) is 0 Å². The Morgan fingerprint density at radius 1 is 1.27 bits per heavy atom. The lowest BCUT2D eigenvalue weighted by atomic mass is 10.3. The van der Waals surface area contributed by atoms with Crippen LogP contribution in [0.15, 0.2) is 41.1 Å². The third-order valence-corrected chi connectivity index (χ3v) is 3.92. The molecule has 2 amide bonds. The van der Waals surface area contributed by atoms with Gasteiger partial charge in [0, 0.05) is 26.2 Å². The summed E-state index contributed by atoms with van der Waals surface area (Å²) in [6, 6.07) is 7.20. The van der Waals surface area contributed by atoms with Crippen LogP contribution in [0.5, 0.6) is 0 Å². The summed E-state index contributed by atoms with van der Waals surface area (Å²) < 4.78 is 16.0. The molecule has 2 aromatic heterocycles. The van der Waals surface area contributed by atoms with E-state index in [1.807, 2.05) is 24.3 Å². The van der Waals surface area contributed by atoms with Crippen LogP contribution in [-0.2, 0) is 16.1 Å². The van der Waals surface area contributed by atoms with Gasteiger partial charge in [-0.1, -0.05) is 0 Å². The van der Waals surface area contributed by atoms with E-state index in [0.29, 0.717) is 25.4 Å². The van der Waals surface area contributed by atoms with E-state index >= 15 is 0 Å². The molecule has 0 spiro atoms. The van der Waals surface area contributed by atoms with Gasteiger partial charge in [-0.3, -0.25) is 0 Å². The summed E-state index contributed by atoms with van der Waals surface area (Å²) in [6.07, 6.45) is 4.01. The SMILES string of the molecule is O=C(NCCCOCc1ccco1)Nc1ccc(N2CCOCC2)nc1. The Balaban J connectivity index is 1.30. The molecule has 8 nitrogen and oxygen atoms in total. The number of ether oxygens (including phenoxy) is 2. The molecule has 0 unspecified atom stereocenters. The smallest absolute Gasteiger partial charge is 0.319 e. The number of nitrogens with one attached hydrogen (secondary N) is 2. The number of carbonyl (C=O) groups is 1. The first-order valence-corrected chi connectivity index (χ1v) is 8.75. The highest BCUT2D eigenvalue weighted by atomic mass is 16.5. The Kier molecular flexibility index (Phi) is 6.86. The van der Waals surface area contributed by atoms with Gasteiger partial charge in [-0.2, -0.15) is 0 Å². The number of hydrogen-bond donors (Lipinski definition) is 2. The van der Waals surface area contributed by atoms with E-state index in [1.54, 1.807) is 12.5 Å². The molecule has 0 radical (unpaired) electrons. The highest BCUT2D eigenvalue weighted by Crippen LogP contribution is 2.15. The van der Waals surface area contributed by atoms with Crippen molar-refractivity contribution in [3.8, 4) is 0 Å². The average molecular weight is 360 g/mol. The van der Waals surface area contributed by atoms with E-state index in [9.17, 15) is 4.79 Å². The normalized spacial score (nSPS) is 14.2. The van der Waals surface area contributed by atoms with Gasteiger partial charge in [-0.15, -0.1) is 0 Å². The molecule has 1 aliphatic rings. The summed E-state index contributed by atoms with van der Waals surface area (Å²) in [6.45, 7) is 4.63. The molecule has 0 bridgehead atoms. The number of aromatic nitrogens is 1. The predicted molar refractivity (Wildman–Crippen MR) is 97.3 cm³/mol. The van der Waals surface area contributed by atoms with Crippen LogP contribution in [0.1, 0.15) is 12.2 Å². The van der Waals surface area contributed by atoms with Crippen molar-refractivity contribution >= 4 is 17.5 Å². The first-order chi connectivity index (χ1) is 12.8. The number of urea groups is 1. The number of furan rings is 1. The number of amides is 2. The number of rotatable bonds is 8. The first-order valence-electron chi connectivity index (χ1n) is 8.75. The molecule has 1 aliphatic heterocycles. The number of pyridine rings is 1. The monoisotopic (exact) mass is 360 g/mol. The molecule has 0 saturated carbocycles. The second-order valence-corrected chi connectivity index (χ2v) is 5.87. The van der Waals surface area contributed by atoms with E-state index in [2.05, 4.69) is 20.5 Å². The van der Waals surface area contributed by atoms with E-state index in [-0.39, 0.29) is 6.03 Å². The van der Waals surface area contributed by atoms with Crippen molar-refractivity contribution in [2.45, 2.75) is 13.0 Å². The highest BCUT2D eigenvalue weighted by Gasteiger charge is 2.12. The van der Waals surface area contributed by atoms with Crippen LogP contribution < -0.4 is 15.5 Å². The number of hydrogen-bond acceptors (Lipinski definition) is 6. The average Bonchev–Trinajstić information content (AvgIpc) is 3.19. The van der Waals surface area contributed by atoms with Crippen LogP contribution in [0, 0.1) is 0 Å². The fraction of sp³-hybridized carbons (Fsp3) is 0.444. The summed E-state index contributed by atoms with van der Waals surface area (Å²) in [5, 5.41) is 5.57. The third kappa shape index (κ3) is 5.75. The summed E-state index contributed by atoms with van der Waals surface area (Å²) in [5.74, 6) is 1.69. The predicted octanol–water partition coefficient (Wildman–Crippen LogP) is 2.24. The molecule has 8 heteroatoms. The van der Waals surface area contributed by atoms with Crippen LogP contribution in [0.4, 0.5) is 16.3 Å². The van der Waals surface area contributed by atoms with E-state index in [1.165, 1.54) is 0 Å². The number of anilines is 2. The quantitative estimate of drug-likeness (QED) is 0.702. The lowest BCUT2D eigenvalue weighted by Gasteiger charge is -2.27. The summed E-state index contributed by atoms with van der Waals surface area (Å²) in [7, 11) is 0. The third-order valence-electron chi connectivity index (χ3n) is 3.92. The van der Waals surface area contributed by atoms with Gasteiger partial charge in [0.1, 0.15) is 18.2 Å². The van der Waals surface area contributed by atoms with Gasteiger partial charge in [-0.05, 0) is 30.7 Å². The number of morpholine rings is 1. The molecule has 0 aliphatic carbocycles. The first kappa shape index (κ1) is 18.2. The summed E-state index contributed by atoms with van der Waals surface area (Å²) in [5.41, 5.74) is 0.661. The van der Waals surface area contributed by atoms with Crippen LogP contribution in [0.25, 0.3) is 0 Å². The van der Waals surface area contributed by atoms with Crippen LogP contribution >= 0.6 is 0 Å². The molecular weight excluding hydrogens is 336 g/mol. The molecule has 2 N–H and O–H groups in total. The van der Waals surface area contributed by atoms with Crippen molar-refractivity contribution in [2.24, 2.45) is 0 Å². The lowest BCUT2D eigenvalue weighted by Crippen LogP contribution is -2.36. The van der Waals surface area contributed by atoms with E-state index in [4.69, 9.17) is 13.9 Å². The number of nitrogens with zero attached hydrogens (tertiary/aromatic N) is 2. The number of carbonyl (C=O) groups excluding carboxylic acids is 1. The summed E-state index contributed by atoms with van der Waals surface area (Å²) in [4.78, 5) is 18.4. The molecular formula is C18H24N4O4. The van der Waals surface area contributed by atoms with Crippen LogP contribution in [0.2, 0.25) is 0 Å². The largest absolute Gasteiger partial charge is 0.467 e. The molecule has 140 valence electrons. The van der Waals surface area contributed by atoms with Crippen molar-refractivity contribution < 1.29 is 18.7 Å². The molecule has 3 rings (SSSR count). The van der Waals surface area contributed by atoms with Crippen molar-refractivity contribution in [2.75, 3.05) is 49.7 Å². The second kappa shape index (κ2) is 9.79. The van der Waals surface area contributed by atoms with Crippen molar-refractivity contribution in [1.29, 1.82) is 0 Å².